The summed E-state index contributed by atoms with van der Waals surface area (Å²) in [5, 5.41) is 0.0738. The standard InChI is InChI=1S/C14H19N3O2S/c18-13-11-20-14(12-3-1-2-4-15-12)17(13)6-5-16-7-9-19-10-8-16/h1-4,14H,5-11H2/t14-/m1/s1. The zero-order chi connectivity index (χ0) is 13.8. The van der Waals surface area contributed by atoms with E-state index >= 15 is 0 Å². The molecule has 0 aliphatic carbocycles. The zero-order valence-electron chi connectivity index (χ0n) is 11.4. The van der Waals surface area contributed by atoms with Gasteiger partial charge in [0.25, 0.3) is 0 Å². The maximum absolute atomic E-state index is 12.1. The van der Waals surface area contributed by atoms with E-state index in [1.165, 1.54) is 0 Å². The molecule has 20 heavy (non-hydrogen) atoms. The molecule has 0 N–H and O–H groups in total. The Morgan fingerprint density at radius 2 is 2.15 bits per heavy atom. The Morgan fingerprint density at radius 3 is 2.90 bits per heavy atom. The van der Waals surface area contributed by atoms with Crippen molar-refractivity contribution in [2.45, 2.75) is 5.37 Å². The number of carbonyl (C=O) groups excluding carboxylic acids is 1. The van der Waals surface area contributed by atoms with E-state index in [1.54, 1.807) is 18.0 Å². The number of morpholine rings is 1. The van der Waals surface area contributed by atoms with Gasteiger partial charge in [0, 0.05) is 32.4 Å². The fourth-order valence-corrected chi connectivity index (χ4v) is 3.72. The number of hydrogen-bond donors (Lipinski definition) is 0. The third-order valence-corrected chi connectivity index (χ3v) is 4.90. The Morgan fingerprint density at radius 1 is 1.30 bits per heavy atom. The molecule has 2 aliphatic heterocycles. The van der Waals surface area contributed by atoms with E-state index in [4.69, 9.17) is 4.74 Å². The van der Waals surface area contributed by atoms with Crippen molar-refractivity contribution in [1.82, 2.24) is 14.8 Å². The summed E-state index contributed by atoms with van der Waals surface area (Å²) in [6.07, 6.45) is 1.79. The Labute approximate surface area is 123 Å². The van der Waals surface area contributed by atoms with Crippen LogP contribution in [0.25, 0.3) is 0 Å². The lowest BCUT2D eigenvalue weighted by Crippen LogP contribution is -2.42. The van der Waals surface area contributed by atoms with Gasteiger partial charge in [-0.3, -0.25) is 14.7 Å². The molecule has 2 saturated heterocycles. The van der Waals surface area contributed by atoms with E-state index in [0.29, 0.717) is 5.75 Å². The van der Waals surface area contributed by atoms with Gasteiger partial charge >= 0.3 is 0 Å². The molecule has 108 valence electrons. The Bertz CT molecular complexity index is 451. The van der Waals surface area contributed by atoms with Gasteiger partial charge in [-0.1, -0.05) is 6.07 Å². The first-order valence-electron chi connectivity index (χ1n) is 6.97. The number of ether oxygens (including phenoxy) is 1. The van der Waals surface area contributed by atoms with Crippen molar-refractivity contribution in [2.75, 3.05) is 45.1 Å². The molecule has 6 heteroatoms. The van der Waals surface area contributed by atoms with Crippen LogP contribution < -0.4 is 0 Å². The van der Waals surface area contributed by atoms with Gasteiger partial charge in [-0.25, -0.2) is 0 Å². The molecule has 3 heterocycles. The second-order valence-corrected chi connectivity index (χ2v) is 6.03. The van der Waals surface area contributed by atoms with Crippen LogP contribution in [0, 0.1) is 0 Å². The van der Waals surface area contributed by atoms with Crippen molar-refractivity contribution in [3.05, 3.63) is 30.1 Å². The molecule has 3 rings (SSSR count). The molecule has 1 aromatic rings. The summed E-state index contributed by atoms with van der Waals surface area (Å²) < 4.78 is 5.35. The summed E-state index contributed by atoms with van der Waals surface area (Å²) in [5.74, 6) is 0.781. The van der Waals surface area contributed by atoms with E-state index in [2.05, 4.69) is 9.88 Å². The van der Waals surface area contributed by atoms with Crippen molar-refractivity contribution in [1.29, 1.82) is 0 Å². The molecular weight excluding hydrogens is 274 g/mol. The number of nitrogens with zero attached hydrogens (tertiary/aromatic N) is 3. The lowest BCUT2D eigenvalue weighted by atomic mass is 10.3. The highest BCUT2D eigenvalue weighted by atomic mass is 32.2. The number of aromatic nitrogens is 1. The van der Waals surface area contributed by atoms with Gasteiger partial charge in [-0.05, 0) is 12.1 Å². The maximum atomic E-state index is 12.1. The average Bonchev–Trinajstić information content (AvgIpc) is 2.88. The third kappa shape index (κ3) is 3.13. The van der Waals surface area contributed by atoms with Crippen LogP contribution in [0.3, 0.4) is 0 Å². The van der Waals surface area contributed by atoms with Gasteiger partial charge in [0.15, 0.2) is 0 Å². The molecule has 5 nitrogen and oxygen atoms in total. The number of hydrogen-bond acceptors (Lipinski definition) is 5. The normalized spacial score (nSPS) is 24.3. The van der Waals surface area contributed by atoms with Crippen molar-refractivity contribution in [3.8, 4) is 0 Å². The van der Waals surface area contributed by atoms with Crippen molar-refractivity contribution >= 4 is 17.7 Å². The fourth-order valence-electron chi connectivity index (χ4n) is 2.54. The van der Waals surface area contributed by atoms with Gasteiger partial charge in [0.1, 0.15) is 5.37 Å². The first-order valence-corrected chi connectivity index (χ1v) is 8.01. The second kappa shape index (κ2) is 6.56. The summed E-state index contributed by atoms with van der Waals surface area (Å²) in [7, 11) is 0. The van der Waals surface area contributed by atoms with Crippen molar-refractivity contribution in [2.24, 2.45) is 0 Å². The molecule has 1 aromatic heterocycles. The quantitative estimate of drug-likeness (QED) is 0.828. The lowest BCUT2D eigenvalue weighted by Gasteiger charge is -2.30. The van der Waals surface area contributed by atoms with Gasteiger partial charge in [-0.15, -0.1) is 11.8 Å². The molecule has 0 spiro atoms. The van der Waals surface area contributed by atoms with Crippen LogP contribution in [0.4, 0.5) is 0 Å². The number of carbonyl (C=O) groups is 1. The monoisotopic (exact) mass is 293 g/mol. The van der Waals surface area contributed by atoms with E-state index in [1.807, 2.05) is 23.1 Å². The molecule has 0 saturated carbocycles. The van der Waals surface area contributed by atoms with Gasteiger partial charge < -0.3 is 9.64 Å². The van der Waals surface area contributed by atoms with Gasteiger partial charge in [0.2, 0.25) is 5.91 Å². The summed E-state index contributed by atoms with van der Waals surface area (Å²) in [4.78, 5) is 20.8. The minimum atomic E-state index is 0.0738. The molecule has 0 radical (unpaired) electrons. The highest BCUT2D eigenvalue weighted by Crippen LogP contribution is 2.37. The number of amides is 1. The summed E-state index contributed by atoms with van der Waals surface area (Å²) in [5.41, 5.74) is 0.977. The smallest absolute Gasteiger partial charge is 0.233 e. The fraction of sp³-hybridized carbons (Fsp3) is 0.571. The number of rotatable bonds is 4. The van der Waals surface area contributed by atoms with Crippen LogP contribution in [0.15, 0.2) is 24.4 Å². The second-order valence-electron chi connectivity index (χ2n) is 4.96. The summed E-state index contributed by atoms with van der Waals surface area (Å²) >= 11 is 1.67. The van der Waals surface area contributed by atoms with E-state index in [0.717, 1.165) is 45.1 Å². The van der Waals surface area contributed by atoms with Crippen LogP contribution >= 0.6 is 11.8 Å². The van der Waals surface area contributed by atoms with Crippen LogP contribution in [0.1, 0.15) is 11.1 Å². The van der Waals surface area contributed by atoms with E-state index < -0.39 is 0 Å². The van der Waals surface area contributed by atoms with Gasteiger partial charge in [0.05, 0.1) is 24.7 Å². The predicted octanol–water partition coefficient (Wildman–Crippen LogP) is 0.988. The Kier molecular flexibility index (Phi) is 4.54. The molecule has 2 fully saturated rings. The molecule has 1 atom stereocenters. The number of thioether (sulfide) groups is 1. The zero-order valence-corrected chi connectivity index (χ0v) is 12.2. The van der Waals surface area contributed by atoms with Crippen LogP contribution in [0.2, 0.25) is 0 Å². The highest BCUT2D eigenvalue weighted by molar-refractivity contribution is 8.00. The minimum Gasteiger partial charge on any atom is -0.379 e. The molecule has 0 unspecified atom stereocenters. The number of pyridine rings is 1. The van der Waals surface area contributed by atoms with Crippen molar-refractivity contribution in [3.63, 3.8) is 0 Å². The molecule has 2 aliphatic rings. The van der Waals surface area contributed by atoms with Crippen LogP contribution in [-0.2, 0) is 9.53 Å². The van der Waals surface area contributed by atoms with Gasteiger partial charge in [-0.2, -0.15) is 0 Å². The highest BCUT2D eigenvalue weighted by Gasteiger charge is 2.33. The van der Waals surface area contributed by atoms with E-state index in [9.17, 15) is 4.79 Å². The van der Waals surface area contributed by atoms with Crippen molar-refractivity contribution < 1.29 is 9.53 Å². The topological polar surface area (TPSA) is 45.7 Å². The molecular formula is C14H19N3O2S. The lowest BCUT2D eigenvalue weighted by molar-refractivity contribution is -0.128. The predicted molar refractivity (Wildman–Crippen MR) is 78.4 cm³/mol. The van der Waals surface area contributed by atoms with Crippen LogP contribution in [0.5, 0.6) is 0 Å². The minimum absolute atomic E-state index is 0.0738. The first-order chi connectivity index (χ1) is 9.84. The van der Waals surface area contributed by atoms with Crippen LogP contribution in [-0.4, -0.2) is 65.8 Å². The SMILES string of the molecule is O=C1CS[C@H](c2ccccn2)N1CCN1CCOCC1. The average molecular weight is 293 g/mol. The Balaban J connectivity index is 1.62. The first kappa shape index (κ1) is 13.9. The summed E-state index contributed by atoms with van der Waals surface area (Å²) in [6, 6.07) is 5.88. The molecule has 1 amide bonds. The third-order valence-electron chi connectivity index (χ3n) is 3.67. The van der Waals surface area contributed by atoms with E-state index in [-0.39, 0.29) is 11.3 Å². The largest absolute Gasteiger partial charge is 0.379 e. The Hall–Kier alpha value is -1.11. The summed E-state index contributed by atoms with van der Waals surface area (Å²) in [6.45, 7) is 5.21. The maximum Gasteiger partial charge on any atom is 0.233 e. The molecule has 0 bridgehead atoms. The molecule has 0 aromatic carbocycles.